The maximum absolute atomic E-state index is 5.31. The zero-order valence-electron chi connectivity index (χ0n) is 7.54. The first-order chi connectivity index (χ1) is 5.74. The molecule has 0 aliphatic heterocycles. The second-order valence-electron chi connectivity index (χ2n) is 3.01. The molecule has 0 bridgehead atoms. The molecule has 0 aliphatic rings. The first kappa shape index (κ1) is 9.00. The van der Waals surface area contributed by atoms with E-state index in [1.54, 1.807) is 0 Å². The summed E-state index contributed by atoms with van der Waals surface area (Å²) in [6.07, 6.45) is 1.88. The molecule has 0 saturated heterocycles. The largest absolute Gasteiger partial charge is 0.358 e. The molecule has 0 fully saturated rings. The summed E-state index contributed by atoms with van der Waals surface area (Å²) in [5.74, 6) is 1.37. The Hall–Kier alpha value is -1.09. The van der Waals surface area contributed by atoms with E-state index in [-0.39, 0.29) is 0 Å². The van der Waals surface area contributed by atoms with Gasteiger partial charge in [-0.3, -0.25) is 0 Å². The van der Waals surface area contributed by atoms with Gasteiger partial charge in [-0.1, -0.05) is 19.9 Å². The van der Waals surface area contributed by atoms with E-state index in [4.69, 9.17) is 5.73 Å². The van der Waals surface area contributed by atoms with E-state index in [0.29, 0.717) is 12.6 Å². The molecule has 0 amide bonds. The number of nitrogens with zero attached hydrogens (tertiary/aromatic N) is 1. The maximum Gasteiger partial charge on any atom is 0.126 e. The van der Waals surface area contributed by atoms with Gasteiger partial charge in [0, 0.05) is 6.20 Å². The molecule has 3 N–H and O–H groups in total. The van der Waals surface area contributed by atoms with Gasteiger partial charge in [-0.15, -0.1) is 0 Å². The summed E-state index contributed by atoms with van der Waals surface area (Å²) in [4.78, 5) is 4.20. The van der Waals surface area contributed by atoms with Crippen molar-refractivity contribution >= 4 is 5.82 Å². The lowest BCUT2D eigenvalue weighted by atomic mass is 10.1. The van der Waals surface area contributed by atoms with E-state index in [1.165, 1.54) is 5.56 Å². The third-order valence-electron chi connectivity index (χ3n) is 1.74. The second kappa shape index (κ2) is 4.07. The lowest BCUT2D eigenvalue weighted by Crippen LogP contribution is -2.11. The third-order valence-corrected chi connectivity index (χ3v) is 1.74. The van der Waals surface area contributed by atoms with Crippen molar-refractivity contribution in [1.29, 1.82) is 0 Å². The summed E-state index contributed by atoms with van der Waals surface area (Å²) in [5.41, 5.74) is 6.56. The predicted octanol–water partition coefficient (Wildman–Crippen LogP) is 1.53. The molecule has 1 rings (SSSR count). The molecule has 1 aromatic heterocycles. The van der Waals surface area contributed by atoms with Crippen molar-refractivity contribution in [3.8, 4) is 0 Å². The Kier molecular flexibility index (Phi) is 3.05. The highest BCUT2D eigenvalue weighted by atomic mass is 15.0. The second-order valence-corrected chi connectivity index (χ2v) is 3.01. The van der Waals surface area contributed by atoms with Gasteiger partial charge in [-0.2, -0.15) is 0 Å². The number of nitrogens with one attached hydrogen (secondary N) is 1. The molecule has 0 atom stereocenters. The Morgan fingerprint density at radius 1 is 1.50 bits per heavy atom. The summed E-state index contributed by atoms with van der Waals surface area (Å²) >= 11 is 0. The SMILES string of the molecule is CC(C)c1ccc(NCN)nc1. The molecule has 3 heteroatoms. The highest BCUT2D eigenvalue weighted by Crippen LogP contribution is 2.13. The van der Waals surface area contributed by atoms with E-state index >= 15 is 0 Å². The van der Waals surface area contributed by atoms with Crippen LogP contribution in [0.5, 0.6) is 0 Å². The number of anilines is 1. The number of aromatic nitrogens is 1. The van der Waals surface area contributed by atoms with Crippen LogP contribution in [0, 0.1) is 0 Å². The number of rotatable bonds is 3. The lowest BCUT2D eigenvalue weighted by molar-refractivity contribution is 0.858. The molecule has 0 radical (unpaired) electrons. The fourth-order valence-corrected chi connectivity index (χ4v) is 0.956. The van der Waals surface area contributed by atoms with Crippen LogP contribution in [0.3, 0.4) is 0 Å². The molecule has 12 heavy (non-hydrogen) atoms. The zero-order chi connectivity index (χ0) is 8.97. The Morgan fingerprint density at radius 3 is 2.67 bits per heavy atom. The Balaban J connectivity index is 2.71. The van der Waals surface area contributed by atoms with Gasteiger partial charge in [0.1, 0.15) is 5.82 Å². The highest BCUT2D eigenvalue weighted by Gasteiger charge is 1.98. The minimum absolute atomic E-state index is 0.425. The van der Waals surface area contributed by atoms with Crippen molar-refractivity contribution in [3.05, 3.63) is 23.9 Å². The smallest absolute Gasteiger partial charge is 0.126 e. The van der Waals surface area contributed by atoms with Gasteiger partial charge in [0.2, 0.25) is 0 Å². The molecule has 0 unspecified atom stereocenters. The minimum Gasteiger partial charge on any atom is -0.358 e. The van der Waals surface area contributed by atoms with Crippen LogP contribution >= 0.6 is 0 Å². The molecular formula is C9H15N3. The van der Waals surface area contributed by atoms with Crippen LogP contribution in [-0.2, 0) is 0 Å². The summed E-state index contributed by atoms with van der Waals surface area (Å²) in [6.45, 7) is 4.72. The lowest BCUT2D eigenvalue weighted by Gasteiger charge is -2.06. The summed E-state index contributed by atoms with van der Waals surface area (Å²) in [5, 5.41) is 2.94. The van der Waals surface area contributed by atoms with Crippen LogP contribution in [0.4, 0.5) is 5.82 Å². The van der Waals surface area contributed by atoms with Gasteiger partial charge < -0.3 is 11.1 Å². The summed E-state index contributed by atoms with van der Waals surface area (Å²) in [6, 6.07) is 4.01. The highest BCUT2D eigenvalue weighted by molar-refractivity contribution is 5.35. The fourth-order valence-electron chi connectivity index (χ4n) is 0.956. The van der Waals surface area contributed by atoms with Crippen molar-refractivity contribution in [1.82, 2.24) is 4.98 Å². The van der Waals surface area contributed by atoms with E-state index in [1.807, 2.05) is 12.3 Å². The van der Waals surface area contributed by atoms with Gasteiger partial charge in [-0.05, 0) is 17.5 Å². The number of pyridine rings is 1. The Labute approximate surface area is 73.0 Å². The quantitative estimate of drug-likeness (QED) is 0.668. The molecule has 0 aliphatic carbocycles. The monoisotopic (exact) mass is 165 g/mol. The van der Waals surface area contributed by atoms with E-state index < -0.39 is 0 Å². The Morgan fingerprint density at radius 2 is 2.25 bits per heavy atom. The first-order valence-corrected chi connectivity index (χ1v) is 4.14. The van der Waals surface area contributed by atoms with Crippen molar-refractivity contribution in [3.63, 3.8) is 0 Å². The maximum atomic E-state index is 5.31. The van der Waals surface area contributed by atoms with Gasteiger partial charge >= 0.3 is 0 Å². The number of nitrogens with two attached hydrogens (primary N) is 1. The molecule has 0 saturated carbocycles. The van der Waals surface area contributed by atoms with Gasteiger partial charge in [0.05, 0.1) is 6.67 Å². The molecule has 0 aromatic carbocycles. The van der Waals surface area contributed by atoms with Crippen molar-refractivity contribution in [2.75, 3.05) is 12.0 Å². The molecular weight excluding hydrogens is 150 g/mol. The fraction of sp³-hybridized carbons (Fsp3) is 0.444. The van der Waals surface area contributed by atoms with Crippen LogP contribution in [0.1, 0.15) is 25.3 Å². The van der Waals surface area contributed by atoms with Gasteiger partial charge in [0.25, 0.3) is 0 Å². The van der Waals surface area contributed by atoms with Gasteiger partial charge in [0.15, 0.2) is 0 Å². The van der Waals surface area contributed by atoms with Crippen molar-refractivity contribution in [2.45, 2.75) is 19.8 Å². The van der Waals surface area contributed by atoms with Gasteiger partial charge in [-0.25, -0.2) is 4.98 Å². The number of hydrogen-bond acceptors (Lipinski definition) is 3. The molecule has 66 valence electrons. The first-order valence-electron chi connectivity index (χ1n) is 4.14. The summed E-state index contributed by atoms with van der Waals surface area (Å²) < 4.78 is 0. The third kappa shape index (κ3) is 2.20. The van der Waals surface area contributed by atoms with E-state index in [2.05, 4.69) is 30.2 Å². The Bertz CT molecular complexity index is 228. The molecule has 1 heterocycles. The average molecular weight is 165 g/mol. The molecule has 3 nitrogen and oxygen atoms in total. The average Bonchev–Trinajstić information content (AvgIpc) is 2.06. The predicted molar refractivity (Wildman–Crippen MR) is 51.0 cm³/mol. The van der Waals surface area contributed by atoms with E-state index in [0.717, 1.165) is 5.82 Å². The zero-order valence-corrected chi connectivity index (χ0v) is 7.54. The summed E-state index contributed by atoms with van der Waals surface area (Å²) in [7, 11) is 0. The van der Waals surface area contributed by atoms with E-state index in [9.17, 15) is 0 Å². The van der Waals surface area contributed by atoms with Crippen LogP contribution in [0.2, 0.25) is 0 Å². The standard InChI is InChI=1S/C9H15N3/c1-7(2)8-3-4-9(11-5-8)12-6-10/h3-5,7H,6,10H2,1-2H3,(H,11,12). The molecule has 1 aromatic rings. The van der Waals surface area contributed by atoms with Crippen LogP contribution in [0.25, 0.3) is 0 Å². The van der Waals surface area contributed by atoms with Crippen molar-refractivity contribution in [2.24, 2.45) is 5.73 Å². The molecule has 0 spiro atoms. The normalized spacial score (nSPS) is 10.3. The van der Waals surface area contributed by atoms with Crippen LogP contribution in [0.15, 0.2) is 18.3 Å². The van der Waals surface area contributed by atoms with Crippen LogP contribution in [-0.4, -0.2) is 11.7 Å². The van der Waals surface area contributed by atoms with Crippen LogP contribution < -0.4 is 11.1 Å². The van der Waals surface area contributed by atoms with Crippen molar-refractivity contribution < 1.29 is 0 Å². The topological polar surface area (TPSA) is 50.9 Å². The number of hydrogen-bond donors (Lipinski definition) is 2. The minimum atomic E-state index is 0.425.